The Bertz CT molecular complexity index is 600. The molecule has 0 saturated heterocycles. The van der Waals surface area contributed by atoms with Crippen molar-refractivity contribution >= 4 is 23.2 Å². The molecular weight excluding hydrogens is 283 g/mol. The second-order valence-electron chi connectivity index (χ2n) is 4.58. The molecule has 5 heteroatoms. The summed E-state index contributed by atoms with van der Waals surface area (Å²) in [6, 6.07) is 3.83. The fraction of sp³-hybridized carbons (Fsp3) is 0.286. The van der Waals surface area contributed by atoms with E-state index >= 15 is 0 Å². The number of aromatic nitrogens is 2. The smallest absolute Gasteiger partial charge is 0.239 e. The van der Waals surface area contributed by atoms with Crippen LogP contribution < -0.4 is 4.74 Å². The van der Waals surface area contributed by atoms with Gasteiger partial charge in [-0.15, -0.1) is 0 Å². The van der Waals surface area contributed by atoms with Crippen molar-refractivity contribution in [1.29, 1.82) is 0 Å². The Labute approximate surface area is 122 Å². The summed E-state index contributed by atoms with van der Waals surface area (Å²) in [5.41, 5.74) is 1.98. The highest BCUT2D eigenvalue weighted by Gasteiger charge is 2.11. The summed E-state index contributed by atoms with van der Waals surface area (Å²) in [7, 11) is 0. The molecule has 1 heterocycles. The molecular formula is C14H14Cl2N2O. The number of hydrogen-bond donors (Lipinski definition) is 0. The number of hydrogen-bond acceptors (Lipinski definition) is 3. The van der Waals surface area contributed by atoms with Crippen LogP contribution in [0.2, 0.25) is 10.2 Å². The van der Waals surface area contributed by atoms with E-state index in [4.69, 9.17) is 27.9 Å². The van der Waals surface area contributed by atoms with Gasteiger partial charge in [0, 0.05) is 5.02 Å². The van der Waals surface area contributed by atoms with Gasteiger partial charge in [-0.2, -0.15) is 4.98 Å². The molecule has 0 fully saturated rings. The van der Waals surface area contributed by atoms with Gasteiger partial charge in [-0.3, -0.25) is 4.98 Å². The first-order valence-electron chi connectivity index (χ1n) is 5.93. The van der Waals surface area contributed by atoms with Gasteiger partial charge in [0.05, 0.1) is 12.4 Å². The lowest BCUT2D eigenvalue weighted by atomic mass is 10.0. The molecule has 0 radical (unpaired) electrons. The summed E-state index contributed by atoms with van der Waals surface area (Å²) < 4.78 is 5.72. The third-order valence-corrected chi connectivity index (χ3v) is 3.22. The van der Waals surface area contributed by atoms with E-state index in [9.17, 15) is 0 Å². The van der Waals surface area contributed by atoms with Crippen LogP contribution in [0.5, 0.6) is 11.6 Å². The van der Waals surface area contributed by atoms with Crippen LogP contribution >= 0.6 is 23.2 Å². The van der Waals surface area contributed by atoms with Crippen molar-refractivity contribution in [3.8, 4) is 11.6 Å². The Kier molecular flexibility index (Phi) is 4.27. The van der Waals surface area contributed by atoms with Gasteiger partial charge in [0.15, 0.2) is 5.15 Å². The highest BCUT2D eigenvalue weighted by molar-refractivity contribution is 6.31. The molecule has 0 saturated carbocycles. The third-order valence-electron chi connectivity index (χ3n) is 2.71. The summed E-state index contributed by atoms with van der Waals surface area (Å²) in [5.74, 6) is 1.40. The number of ether oxygens (including phenoxy) is 1. The van der Waals surface area contributed by atoms with Crippen LogP contribution in [0.1, 0.15) is 30.9 Å². The topological polar surface area (TPSA) is 35.0 Å². The van der Waals surface area contributed by atoms with E-state index in [1.165, 1.54) is 12.4 Å². The lowest BCUT2D eigenvalue weighted by molar-refractivity contribution is 0.456. The fourth-order valence-electron chi connectivity index (χ4n) is 1.71. The zero-order chi connectivity index (χ0) is 14.0. The molecule has 0 amide bonds. The molecule has 2 rings (SSSR count). The summed E-state index contributed by atoms with van der Waals surface area (Å²) >= 11 is 12.0. The Hall–Kier alpha value is -1.32. The maximum absolute atomic E-state index is 6.22. The van der Waals surface area contributed by atoms with E-state index < -0.39 is 0 Å². The van der Waals surface area contributed by atoms with E-state index in [2.05, 4.69) is 23.8 Å². The molecule has 1 aromatic heterocycles. The zero-order valence-electron chi connectivity index (χ0n) is 10.9. The average Bonchev–Trinajstić information content (AvgIpc) is 2.32. The van der Waals surface area contributed by atoms with Crippen molar-refractivity contribution in [3.63, 3.8) is 0 Å². The summed E-state index contributed by atoms with van der Waals surface area (Å²) in [6.07, 6.45) is 2.98. The monoisotopic (exact) mass is 296 g/mol. The van der Waals surface area contributed by atoms with Crippen molar-refractivity contribution in [2.75, 3.05) is 0 Å². The molecule has 0 aliphatic heterocycles. The molecule has 19 heavy (non-hydrogen) atoms. The SMILES string of the molecule is Cc1cc(Cl)c(C(C)C)cc1Oc1cncc(Cl)n1. The van der Waals surface area contributed by atoms with Crippen molar-refractivity contribution < 1.29 is 4.74 Å². The van der Waals surface area contributed by atoms with Crippen LogP contribution in [0.4, 0.5) is 0 Å². The first-order chi connectivity index (χ1) is 8.97. The van der Waals surface area contributed by atoms with Gasteiger partial charge in [-0.1, -0.05) is 37.0 Å². The van der Waals surface area contributed by atoms with E-state index in [1.807, 2.05) is 19.1 Å². The number of rotatable bonds is 3. The summed E-state index contributed by atoms with van der Waals surface area (Å²) in [5, 5.41) is 1.05. The molecule has 0 unspecified atom stereocenters. The van der Waals surface area contributed by atoms with Crippen LogP contribution in [0, 0.1) is 6.92 Å². The fourth-order valence-corrected chi connectivity index (χ4v) is 2.28. The minimum Gasteiger partial charge on any atom is -0.437 e. The van der Waals surface area contributed by atoms with Crippen molar-refractivity contribution in [2.24, 2.45) is 0 Å². The van der Waals surface area contributed by atoms with Gasteiger partial charge in [0.1, 0.15) is 5.75 Å². The summed E-state index contributed by atoms with van der Waals surface area (Å²) in [4.78, 5) is 7.99. The van der Waals surface area contributed by atoms with Gasteiger partial charge < -0.3 is 4.74 Å². The molecule has 0 aliphatic rings. The average molecular weight is 297 g/mol. The van der Waals surface area contributed by atoms with E-state index in [0.29, 0.717) is 22.7 Å². The van der Waals surface area contributed by atoms with Crippen LogP contribution in [-0.2, 0) is 0 Å². The van der Waals surface area contributed by atoms with Crippen LogP contribution in [-0.4, -0.2) is 9.97 Å². The molecule has 0 atom stereocenters. The number of benzene rings is 1. The number of nitrogens with zero attached hydrogens (tertiary/aromatic N) is 2. The Morgan fingerprint density at radius 3 is 2.53 bits per heavy atom. The highest BCUT2D eigenvalue weighted by atomic mass is 35.5. The molecule has 0 bridgehead atoms. The normalized spacial score (nSPS) is 10.8. The first-order valence-corrected chi connectivity index (χ1v) is 6.68. The highest BCUT2D eigenvalue weighted by Crippen LogP contribution is 2.33. The lowest BCUT2D eigenvalue weighted by Gasteiger charge is -2.13. The molecule has 0 spiro atoms. The third kappa shape index (κ3) is 3.37. The largest absolute Gasteiger partial charge is 0.437 e. The van der Waals surface area contributed by atoms with Crippen molar-refractivity contribution in [3.05, 3.63) is 45.8 Å². The van der Waals surface area contributed by atoms with Crippen LogP contribution in [0.15, 0.2) is 24.5 Å². The van der Waals surface area contributed by atoms with Crippen LogP contribution in [0.25, 0.3) is 0 Å². The van der Waals surface area contributed by atoms with Crippen LogP contribution in [0.3, 0.4) is 0 Å². The minimum absolute atomic E-state index is 0.299. The molecule has 100 valence electrons. The van der Waals surface area contributed by atoms with Gasteiger partial charge in [0.2, 0.25) is 5.88 Å². The van der Waals surface area contributed by atoms with Gasteiger partial charge in [-0.05, 0) is 36.1 Å². The number of halogens is 2. The summed E-state index contributed by atoms with van der Waals surface area (Å²) in [6.45, 7) is 6.10. The Balaban J connectivity index is 2.37. The van der Waals surface area contributed by atoms with Crippen molar-refractivity contribution in [2.45, 2.75) is 26.7 Å². The number of aryl methyl sites for hydroxylation is 1. The predicted octanol–water partition coefficient (Wildman–Crippen LogP) is 5.01. The predicted molar refractivity (Wildman–Crippen MR) is 77.4 cm³/mol. The van der Waals surface area contributed by atoms with E-state index in [1.54, 1.807) is 0 Å². The zero-order valence-corrected chi connectivity index (χ0v) is 12.5. The molecule has 0 N–H and O–H groups in total. The maximum atomic E-state index is 6.22. The van der Waals surface area contributed by atoms with E-state index in [0.717, 1.165) is 16.1 Å². The first kappa shape index (κ1) is 14.1. The van der Waals surface area contributed by atoms with Gasteiger partial charge in [-0.25, -0.2) is 0 Å². The second-order valence-corrected chi connectivity index (χ2v) is 5.37. The quantitative estimate of drug-likeness (QED) is 0.799. The lowest BCUT2D eigenvalue weighted by Crippen LogP contribution is -1.96. The van der Waals surface area contributed by atoms with Crippen molar-refractivity contribution in [1.82, 2.24) is 9.97 Å². The minimum atomic E-state index is 0.299. The van der Waals surface area contributed by atoms with Gasteiger partial charge >= 0.3 is 0 Å². The standard InChI is InChI=1S/C14H14Cl2N2O/c1-8(2)10-5-12(9(3)4-11(10)15)19-14-7-17-6-13(16)18-14/h4-8H,1-3H3. The molecule has 1 aromatic carbocycles. The Morgan fingerprint density at radius 1 is 1.16 bits per heavy atom. The Morgan fingerprint density at radius 2 is 1.89 bits per heavy atom. The molecule has 2 aromatic rings. The van der Waals surface area contributed by atoms with E-state index in [-0.39, 0.29) is 0 Å². The second kappa shape index (κ2) is 5.76. The molecule has 3 nitrogen and oxygen atoms in total. The van der Waals surface area contributed by atoms with Gasteiger partial charge in [0.25, 0.3) is 0 Å². The molecule has 0 aliphatic carbocycles. The maximum Gasteiger partial charge on any atom is 0.239 e.